The molecule has 8 heteroatoms. The van der Waals surface area contributed by atoms with Crippen LogP contribution in [-0.2, 0) is 32.6 Å². The van der Waals surface area contributed by atoms with Gasteiger partial charge >= 0.3 is 0 Å². The third-order valence-corrected chi connectivity index (χ3v) is 7.69. The van der Waals surface area contributed by atoms with E-state index in [-0.39, 0.29) is 37.4 Å². The minimum absolute atomic E-state index is 0.0830. The Balaban J connectivity index is 1.88. The van der Waals surface area contributed by atoms with Crippen molar-refractivity contribution in [2.75, 3.05) is 17.1 Å². The van der Waals surface area contributed by atoms with Gasteiger partial charge < -0.3 is 10.2 Å². The first kappa shape index (κ1) is 29.9. The molecule has 0 fully saturated rings. The SMILES string of the molecule is Cc1ccccc1CN(C(=O)CCCN(c1ccccc1)S(C)(=O)=O)[C@H](Cc1ccccc1)C(=O)NC(C)C. The fourth-order valence-electron chi connectivity index (χ4n) is 4.50. The van der Waals surface area contributed by atoms with Gasteiger partial charge in [-0.1, -0.05) is 72.8 Å². The number of hydrogen-bond donors (Lipinski definition) is 1. The molecular weight excluding hydrogens is 510 g/mol. The summed E-state index contributed by atoms with van der Waals surface area (Å²) in [5.41, 5.74) is 3.51. The van der Waals surface area contributed by atoms with E-state index in [9.17, 15) is 18.0 Å². The van der Waals surface area contributed by atoms with Gasteiger partial charge in [-0.25, -0.2) is 8.42 Å². The molecule has 2 amide bonds. The van der Waals surface area contributed by atoms with Crippen molar-refractivity contribution in [3.05, 3.63) is 102 Å². The predicted molar refractivity (Wildman–Crippen MR) is 157 cm³/mol. The van der Waals surface area contributed by atoms with Gasteiger partial charge in [0.2, 0.25) is 21.8 Å². The molecule has 0 aromatic heterocycles. The topological polar surface area (TPSA) is 86.8 Å². The van der Waals surface area contributed by atoms with Gasteiger partial charge in [-0.3, -0.25) is 13.9 Å². The van der Waals surface area contributed by atoms with Crippen molar-refractivity contribution < 1.29 is 18.0 Å². The molecule has 0 unspecified atom stereocenters. The summed E-state index contributed by atoms with van der Waals surface area (Å²) in [5, 5.41) is 2.99. The van der Waals surface area contributed by atoms with Gasteiger partial charge in [0.05, 0.1) is 11.9 Å². The third-order valence-electron chi connectivity index (χ3n) is 6.50. The number of amides is 2. The molecule has 0 saturated carbocycles. The van der Waals surface area contributed by atoms with Crippen molar-refractivity contribution in [2.24, 2.45) is 0 Å². The maximum Gasteiger partial charge on any atom is 0.243 e. The normalized spacial score (nSPS) is 12.1. The van der Waals surface area contributed by atoms with Crippen molar-refractivity contribution in [1.82, 2.24) is 10.2 Å². The monoisotopic (exact) mass is 549 g/mol. The Labute approximate surface area is 232 Å². The molecule has 0 radical (unpaired) electrons. The lowest BCUT2D eigenvalue weighted by Crippen LogP contribution is -2.52. The second-order valence-corrected chi connectivity index (χ2v) is 12.0. The number of nitrogens with zero attached hydrogens (tertiary/aromatic N) is 2. The first-order valence-corrected chi connectivity index (χ1v) is 15.1. The fraction of sp³-hybridized carbons (Fsp3) is 0.355. The van der Waals surface area contributed by atoms with Gasteiger partial charge in [0.15, 0.2) is 0 Å². The number of hydrogen-bond acceptors (Lipinski definition) is 4. The summed E-state index contributed by atoms with van der Waals surface area (Å²) in [7, 11) is -3.53. The lowest BCUT2D eigenvalue weighted by Gasteiger charge is -2.33. The highest BCUT2D eigenvalue weighted by Gasteiger charge is 2.31. The summed E-state index contributed by atoms with van der Waals surface area (Å²) in [4.78, 5) is 29.0. The molecule has 3 rings (SSSR count). The Morgan fingerprint density at radius 2 is 1.46 bits per heavy atom. The van der Waals surface area contributed by atoms with Crippen molar-refractivity contribution >= 4 is 27.5 Å². The van der Waals surface area contributed by atoms with E-state index in [0.717, 1.165) is 16.7 Å². The Bertz CT molecular complexity index is 1330. The van der Waals surface area contributed by atoms with E-state index in [1.807, 2.05) is 81.4 Å². The third kappa shape index (κ3) is 8.96. The molecule has 0 saturated heterocycles. The van der Waals surface area contributed by atoms with Crippen molar-refractivity contribution in [3.8, 4) is 0 Å². The number of sulfonamides is 1. The number of anilines is 1. The maximum absolute atomic E-state index is 13.8. The van der Waals surface area contributed by atoms with Crippen LogP contribution >= 0.6 is 0 Å². The number of benzene rings is 3. The van der Waals surface area contributed by atoms with Gasteiger partial charge in [-0.05, 0) is 56.0 Å². The average molecular weight is 550 g/mol. The summed E-state index contributed by atoms with van der Waals surface area (Å²) < 4.78 is 26.3. The van der Waals surface area contributed by atoms with Crippen molar-refractivity contribution in [3.63, 3.8) is 0 Å². The van der Waals surface area contributed by atoms with Crippen LogP contribution in [0.5, 0.6) is 0 Å². The molecule has 1 N–H and O–H groups in total. The zero-order valence-electron chi connectivity index (χ0n) is 23.2. The van der Waals surface area contributed by atoms with E-state index in [1.54, 1.807) is 29.2 Å². The van der Waals surface area contributed by atoms with Crippen LogP contribution in [0.15, 0.2) is 84.9 Å². The molecule has 1 atom stereocenters. The van der Waals surface area contributed by atoms with Gasteiger partial charge in [0, 0.05) is 32.0 Å². The van der Waals surface area contributed by atoms with Gasteiger partial charge in [0.25, 0.3) is 0 Å². The first-order valence-electron chi connectivity index (χ1n) is 13.3. The highest BCUT2D eigenvalue weighted by molar-refractivity contribution is 7.92. The van der Waals surface area contributed by atoms with Crippen molar-refractivity contribution in [1.29, 1.82) is 0 Å². The largest absolute Gasteiger partial charge is 0.352 e. The number of rotatable bonds is 13. The second kappa shape index (κ2) is 13.9. The minimum Gasteiger partial charge on any atom is -0.352 e. The zero-order valence-corrected chi connectivity index (χ0v) is 24.0. The molecule has 208 valence electrons. The summed E-state index contributed by atoms with van der Waals surface area (Å²) in [6.45, 7) is 6.22. The predicted octanol–water partition coefficient (Wildman–Crippen LogP) is 4.71. The molecule has 0 aliphatic heterocycles. The van der Waals surface area contributed by atoms with Crippen LogP contribution in [0, 0.1) is 6.92 Å². The summed E-state index contributed by atoms with van der Waals surface area (Å²) >= 11 is 0. The van der Waals surface area contributed by atoms with Crippen LogP contribution in [0.4, 0.5) is 5.69 Å². The Morgan fingerprint density at radius 1 is 0.872 bits per heavy atom. The van der Waals surface area contributed by atoms with Gasteiger partial charge in [-0.15, -0.1) is 0 Å². The van der Waals surface area contributed by atoms with Crippen molar-refractivity contribution in [2.45, 2.75) is 58.7 Å². The highest BCUT2D eigenvalue weighted by atomic mass is 32.2. The average Bonchev–Trinajstić information content (AvgIpc) is 2.89. The smallest absolute Gasteiger partial charge is 0.243 e. The standard InChI is InChI=1S/C31H39N3O4S/c1-24(2)32-31(36)29(22-26-15-7-5-8-16-26)33(23-27-17-12-11-14-25(27)3)30(35)20-13-21-34(39(4,37)38)28-18-9-6-10-19-28/h5-12,14-19,24,29H,13,20-23H2,1-4H3,(H,32,36)/t29-/m1/s1. The van der Waals surface area contributed by atoms with E-state index >= 15 is 0 Å². The molecule has 0 heterocycles. The van der Waals surface area contributed by atoms with E-state index in [0.29, 0.717) is 18.5 Å². The molecule has 0 spiro atoms. The quantitative estimate of drug-likeness (QED) is 0.335. The molecule has 7 nitrogen and oxygen atoms in total. The van der Waals surface area contributed by atoms with E-state index in [2.05, 4.69) is 5.32 Å². The highest BCUT2D eigenvalue weighted by Crippen LogP contribution is 2.21. The zero-order chi connectivity index (χ0) is 28.4. The Kier molecular flexibility index (Phi) is 10.7. The number of carbonyl (C=O) groups excluding carboxylic acids is 2. The van der Waals surface area contributed by atoms with E-state index < -0.39 is 16.1 Å². The van der Waals surface area contributed by atoms with E-state index in [1.165, 1.54) is 10.6 Å². The van der Waals surface area contributed by atoms with E-state index in [4.69, 9.17) is 0 Å². The first-order chi connectivity index (χ1) is 18.6. The number of aryl methyl sites for hydroxylation is 1. The van der Waals surface area contributed by atoms with Crippen LogP contribution in [0.25, 0.3) is 0 Å². The summed E-state index contributed by atoms with van der Waals surface area (Å²) in [6, 6.07) is 25.6. The Morgan fingerprint density at radius 3 is 2.05 bits per heavy atom. The van der Waals surface area contributed by atoms with Gasteiger partial charge in [0.1, 0.15) is 6.04 Å². The number of carbonyl (C=O) groups is 2. The minimum atomic E-state index is -3.53. The lowest BCUT2D eigenvalue weighted by atomic mass is 10.0. The molecule has 0 bridgehead atoms. The van der Waals surface area contributed by atoms with Crippen LogP contribution in [-0.4, -0.2) is 50.0 Å². The lowest BCUT2D eigenvalue weighted by molar-refractivity contribution is -0.141. The molecule has 0 aliphatic carbocycles. The number of para-hydroxylation sites is 1. The molecule has 0 aliphatic rings. The maximum atomic E-state index is 13.8. The molecular formula is C31H39N3O4S. The van der Waals surface area contributed by atoms with Gasteiger partial charge in [-0.2, -0.15) is 0 Å². The second-order valence-electron chi connectivity index (χ2n) is 10.1. The van der Waals surface area contributed by atoms with Crippen LogP contribution in [0.2, 0.25) is 0 Å². The summed E-state index contributed by atoms with van der Waals surface area (Å²) in [6.07, 6.45) is 1.95. The molecule has 39 heavy (non-hydrogen) atoms. The Hall–Kier alpha value is -3.65. The fourth-order valence-corrected chi connectivity index (χ4v) is 5.47. The van der Waals surface area contributed by atoms with Crippen LogP contribution in [0.1, 0.15) is 43.4 Å². The van der Waals surface area contributed by atoms with Crippen LogP contribution < -0.4 is 9.62 Å². The number of nitrogens with one attached hydrogen (secondary N) is 1. The molecule has 3 aromatic rings. The van der Waals surface area contributed by atoms with Crippen LogP contribution in [0.3, 0.4) is 0 Å². The summed E-state index contributed by atoms with van der Waals surface area (Å²) in [5.74, 6) is -0.405. The molecule has 3 aromatic carbocycles.